The summed E-state index contributed by atoms with van der Waals surface area (Å²) < 4.78 is 2.06. The summed E-state index contributed by atoms with van der Waals surface area (Å²) in [5.74, 6) is 0.545. The van der Waals surface area contributed by atoms with Gasteiger partial charge < -0.3 is 0 Å². The maximum absolute atomic E-state index is 4.64. The van der Waals surface area contributed by atoms with Crippen molar-refractivity contribution in [2.75, 3.05) is 20.6 Å². The number of aryl methyl sites for hydroxylation is 1. The molecule has 16 heavy (non-hydrogen) atoms. The molecule has 0 amide bonds. The highest BCUT2D eigenvalue weighted by Gasteiger charge is 2.25. The molecule has 90 valence electrons. The van der Waals surface area contributed by atoms with Crippen LogP contribution in [0.15, 0.2) is 0 Å². The zero-order valence-electron chi connectivity index (χ0n) is 11.0. The molecule has 4 nitrogen and oxygen atoms in total. The number of hydrogen-bond acceptors (Lipinski definition) is 3. The van der Waals surface area contributed by atoms with E-state index < -0.39 is 0 Å². The predicted octanol–water partition coefficient (Wildman–Crippen LogP) is 1.38. The molecule has 0 saturated carbocycles. The zero-order valence-corrected chi connectivity index (χ0v) is 11.0. The monoisotopic (exact) mass is 222 g/mol. The van der Waals surface area contributed by atoms with Crippen LogP contribution in [0.5, 0.6) is 0 Å². The van der Waals surface area contributed by atoms with E-state index in [4.69, 9.17) is 0 Å². The Hall–Kier alpha value is -0.870. The van der Waals surface area contributed by atoms with Crippen LogP contribution in [0, 0.1) is 0 Å². The third-order valence-electron chi connectivity index (χ3n) is 3.34. The lowest BCUT2D eigenvalue weighted by molar-refractivity contribution is 0.0106. The Bertz CT molecular complexity index is 379. The van der Waals surface area contributed by atoms with Gasteiger partial charge in [-0.1, -0.05) is 13.8 Å². The summed E-state index contributed by atoms with van der Waals surface area (Å²) in [6.07, 6.45) is 1.06. The molecule has 0 atom stereocenters. The van der Waals surface area contributed by atoms with Crippen LogP contribution in [0.1, 0.15) is 36.7 Å². The highest BCUT2D eigenvalue weighted by molar-refractivity contribution is 5.30. The third kappa shape index (κ3) is 1.87. The fourth-order valence-corrected chi connectivity index (χ4v) is 2.57. The quantitative estimate of drug-likeness (QED) is 0.755. The van der Waals surface area contributed by atoms with Crippen LogP contribution in [0.4, 0.5) is 0 Å². The van der Waals surface area contributed by atoms with Crippen molar-refractivity contribution in [1.29, 1.82) is 0 Å². The number of nitrogens with zero attached hydrogens (tertiary/aromatic N) is 4. The minimum Gasteiger partial charge on any atom is -0.272 e. The zero-order chi connectivity index (χ0) is 11.9. The number of aromatic nitrogens is 2. The van der Waals surface area contributed by atoms with Crippen molar-refractivity contribution in [3.63, 3.8) is 0 Å². The number of fused-ring (bicyclic) bond motifs is 1. The molecule has 1 aliphatic heterocycles. The molecule has 1 aromatic rings. The van der Waals surface area contributed by atoms with E-state index in [9.17, 15) is 0 Å². The first-order valence-corrected chi connectivity index (χ1v) is 5.97. The summed E-state index contributed by atoms with van der Waals surface area (Å²) in [5, 5.41) is 9.19. The van der Waals surface area contributed by atoms with Crippen molar-refractivity contribution in [1.82, 2.24) is 19.8 Å². The molecule has 2 rings (SSSR count). The van der Waals surface area contributed by atoms with Crippen molar-refractivity contribution in [2.24, 2.45) is 7.05 Å². The molecule has 0 bridgehead atoms. The van der Waals surface area contributed by atoms with E-state index in [1.54, 1.807) is 0 Å². The van der Waals surface area contributed by atoms with Crippen molar-refractivity contribution >= 4 is 0 Å². The molecule has 0 fully saturated rings. The molecule has 0 N–H and O–H groups in total. The third-order valence-corrected chi connectivity index (χ3v) is 3.34. The first-order chi connectivity index (χ1) is 7.50. The van der Waals surface area contributed by atoms with Crippen molar-refractivity contribution in [3.05, 3.63) is 17.0 Å². The van der Waals surface area contributed by atoms with Crippen LogP contribution in [0.3, 0.4) is 0 Å². The van der Waals surface area contributed by atoms with Gasteiger partial charge in [0.15, 0.2) is 0 Å². The molecule has 2 heterocycles. The van der Waals surface area contributed by atoms with Gasteiger partial charge >= 0.3 is 0 Å². The summed E-state index contributed by atoms with van der Waals surface area (Å²) in [6.45, 7) is 6.57. The van der Waals surface area contributed by atoms with Crippen molar-refractivity contribution in [2.45, 2.75) is 32.7 Å². The van der Waals surface area contributed by atoms with Gasteiger partial charge in [-0.25, -0.2) is 10.0 Å². The number of hydrogen-bond donors (Lipinski definition) is 0. The maximum Gasteiger partial charge on any atom is 0.0686 e. The SMILES string of the molecule is CC(C)c1c2c(nn1C)CCN(N(C)C)C2. The average molecular weight is 222 g/mol. The van der Waals surface area contributed by atoms with Crippen molar-refractivity contribution < 1.29 is 0 Å². The lowest BCUT2D eigenvalue weighted by atomic mass is 10.00. The number of hydrazine groups is 1. The summed E-state index contributed by atoms with van der Waals surface area (Å²) in [6, 6.07) is 0. The molecule has 0 unspecified atom stereocenters. The Morgan fingerprint density at radius 3 is 2.56 bits per heavy atom. The maximum atomic E-state index is 4.64. The standard InChI is InChI=1S/C12H22N4/c1-9(2)12-10-8-16(14(3)4)7-6-11(10)13-15(12)5/h9H,6-8H2,1-5H3. The molecule has 0 saturated heterocycles. The second-order valence-electron chi connectivity index (χ2n) is 5.07. The summed E-state index contributed by atoms with van der Waals surface area (Å²) >= 11 is 0. The number of rotatable bonds is 2. The lowest BCUT2D eigenvalue weighted by Gasteiger charge is -2.32. The Morgan fingerprint density at radius 1 is 1.31 bits per heavy atom. The molecule has 0 spiro atoms. The van der Waals surface area contributed by atoms with E-state index in [0.717, 1.165) is 19.5 Å². The first kappa shape index (κ1) is 11.6. The van der Waals surface area contributed by atoms with Gasteiger partial charge in [0.2, 0.25) is 0 Å². The Morgan fingerprint density at radius 2 is 2.00 bits per heavy atom. The largest absolute Gasteiger partial charge is 0.272 e. The van der Waals surface area contributed by atoms with Gasteiger partial charge in [-0.3, -0.25) is 4.68 Å². The molecule has 0 radical (unpaired) electrons. The summed E-state index contributed by atoms with van der Waals surface area (Å²) in [5.41, 5.74) is 4.13. The molecular formula is C12H22N4. The Labute approximate surface area is 97.8 Å². The van der Waals surface area contributed by atoms with E-state index in [1.165, 1.54) is 17.0 Å². The fraction of sp³-hybridized carbons (Fsp3) is 0.750. The highest BCUT2D eigenvalue weighted by Crippen LogP contribution is 2.27. The predicted molar refractivity (Wildman–Crippen MR) is 65.1 cm³/mol. The summed E-state index contributed by atoms with van der Waals surface area (Å²) in [7, 11) is 6.28. The van der Waals surface area contributed by atoms with E-state index >= 15 is 0 Å². The van der Waals surface area contributed by atoms with Crippen LogP contribution >= 0.6 is 0 Å². The topological polar surface area (TPSA) is 24.3 Å². The van der Waals surface area contributed by atoms with Crippen LogP contribution in [0.2, 0.25) is 0 Å². The Balaban J connectivity index is 2.35. The van der Waals surface area contributed by atoms with Crippen LogP contribution in [-0.4, -0.2) is 40.4 Å². The van der Waals surface area contributed by atoms with Gasteiger partial charge in [0, 0.05) is 51.9 Å². The normalized spacial score (nSPS) is 17.2. The van der Waals surface area contributed by atoms with Gasteiger partial charge in [-0.2, -0.15) is 5.10 Å². The fourth-order valence-electron chi connectivity index (χ4n) is 2.57. The van der Waals surface area contributed by atoms with E-state index in [2.05, 4.69) is 54.8 Å². The van der Waals surface area contributed by atoms with Crippen LogP contribution in [0.25, 0.3) is 0 Å². The average Bonchev–Trinajstić information content (AvgIpc) is 2.51. The second kappa shape index (κ2) is 4.18. The first-order valence-electron chi connectivity index (χ1n) is 5.97. The molecule has 0 aromatic carbocycles. The second-order valence-corrected chi connectivity index (χ2v) is 5.07. The minimum absolute atomic E-state index is 0.545. The molecule has 1 aromatic heterocycles. The lowest BCUT2D eigenvalue weighted by Crippen LogP contribution is -2.40. The van der Waals surface area contributed by atoms with Gasteiger partial charge in [0.1, 0.15) is 0 Å². The van der Waals surface area contributed by atoms with E-state index in [0.29, 0.717) is 5.92 Å². The van der Waals surface area contributed by atoms with E-state index in [1.807, 2.05) is 0 Å². The molecular weight excluding hydrogens is 200 g/mol. The van der Waals surface area contributed by atoms with Gasteiger partial charge in [0.05, 0.1) is 5.69 Å². The van der Waals surface area contributed by atoms with Crippen LogP contribution < -0.4 is 0 Å². The molecule has 4 heteroatoms. The summed E-state index contributed by atoms with van der Waals surface area (Å²) in [4.78, 5) is 0. The molecule has 1 aliphatic rings. The highest BCUT2D eigenvalue weighted by atomic mass is 15.6. The van der Waals surface area contributed by atoms with Crippen molar-refractivity contribution in [3.8, 4) is 0 Å². The van der Waals surface area contributed by atoms with Gasteiger partial charge in [0.25, 0.3) is 0 Å². The minimum atomic E-state index is 0.545. The van der Waals surface area contributed by atoms with E-state index in [-0.39, 0.29) is 0 Å². The van der Waals surface area contributed by atoms with Gasteiger partial charge in [-0.15, -0.1) is 0 Å². The molecule has 0 aliphatic carbocycles. The van der Waals surface area contributed by atoms with Gasteiger partial charge in [-0.05, 0) is 5.92 Å². The Kier molecular flexibility index (Phi) is 3.04. The smallest absolute Gasteiger partial charge is 0.0686 e. The van der Waals surface area contributed by atoms with Crippen LogP contribution in [-0.2, 0) is 20.0 Å².